The number of aryl methyl sites for hydroxylation is 1. The number of para-hydroxylation sites is 1. The van der Waals surface area contributed by atoms with Crippen molar-refractivity contribution in [1.82, 2.24) is 15.6 Å². The van der Waals surface area contributed by atoms with E-state index in [-0.39, 0.29) is 18.9 Å². The molecule has 0 unspecified atom stereocenters. The van der Waals surface area contributed by atoms with Crippen LogP contribution >= 0.6 is 0 Å². The number of carbonyl (C=O) groups excluding carboxylic acids is 3. The number of nitrogens with one attached hydrogen (secondary N) is 3. The van der Waals surface area contributed by atoms with Crippen LogP contribution in [0.25, 0.3) is 10.9 Å². The van der Waals surface area contributed by atoms with E-state index in [2.05, 4.69) is 15.6 Å². The van der Waals surface area contributed by atoms with Crippen LogP contribution in [0.5, 0.6) is 0 Å². The van der Waals surface area contributed by atoms with Crippen molar-refractivity contribution in [3.8, 4) is 0 Å². The Balaban J connectivity index is 1.61. The predicted octanol–water partition coefficient (Wildman–Crippen LogP) is 2.95. The topological polar surface area (TPSA) is 126 Å². The van der Waals surface area contributed by atoms with E-state index in [1.807, 2.05) is 68.4 Å². The molecule has 5 N–H and O–H groups in total. The number of carbonyl (C=O) groups is 3. The molecule has 0 saturated carbocycles. The molecule has 2 aromatic carbocycles. The lowest BCUT2D eigenvalue weighted by molar-refractivity contribution is -0.133. The number of amides is 3. The molecule has 1 aliphatic rings. The molecular weight excluding hydrogens is 432 g/mol. The number of rotatable bonds is 7. The highest BCUT2D eigenvalue weighted by molar-refractivity contribution is 5.95. The van der Waals surface area contributed by atoms with Gasteiger partial charge in [0, 0.05) is 23.0 Å². The highest BCUT2D eigenvalue weighted by Gasteiger charge is 2.45. The minimum Gasteiger partial charge on any atom is -0.445 e. The molecule has 0 saturated heterocycles. The summed E-state index contributed by atoms with van der Waals surface area (Å²) in [6.07, 6.45) is 0.479. The first kappa shape index (κ1) is 23.4. The molecule has 1 aliphatic carbocycles. The van der Waals surface area contributed by atoms with E-state index in [9.17, 15) is 14.4 Å². The lowest BCUT2D eigenvalue weighted by Gasteiger charge is -2.37. The van der Waals surface area contributed by atoms with Gasteiger partial charge in [-0.15, -0.1) is 0 Å². The van der Waals surface area contributed by atoms with Gasteiger partial charge in [-0.3, -0.25) is 9.59 Å². The van der Waals surface area contributed by atoms with Crippen LogP contribution in [0.3, 0.4) is 0 Å². The summed E-state index contributed by atoms with van der Waals surface area (Å²) in [5.74, 6) is -1.26. The predicted molar refractivity (Wildman–Crippen MR) is 129 cm³/mol. The van der Waals surface area contributed by atoms with Crippen molar-refractivity contribution in [2.45, 2.75) is 51.3 Å². The smallest absolute Gasteiger partial charge is 0.408 e. The molecular formula is C26H30N4O4. The summed E-state index contributed by atoms with van der Waals surface area (Å²) >= 11 is 0. The van der Waals surface area contributed by atoms with Gasteiger partial charge in [0.15, 0.2) is 0 Å². The molecule has 1 aromatic heterocycles. The second kappa shape index (κ2) is 9.59. The van der Waals surface area contributed by atoms with E-state index in [1.165, 1.54) is 0 Å². The first-order valence-corrected chi connectivity index (χ1v) is 11.5. The Hall–Kier alpha value is -3.81. The van der Waals surface area contributed by atoms with Gasteiger partial charge in [-0.1, -0.05) is 62.4 Å². The summed E-state index contributed by atoms with van der Waals surface area (Å²) in [5.41, 5.74) is 8.09. The number of hydrogen-bond acceptors (Lipinski definition) is 4. The van der Waals surface area contributed by atoms with Crippen LogP contribution in [0.15, 0.2) is 54.6 Å². The van der Waals surface area contributed by atoms with E-state index in [0.29, 0.717) is 12.8 Å². The molecule has 8 nitrogen and oxygen atoms in total. The summed E-state index contributed by atoms with van der Waals surface area (Å²) in [5, 5.41) is 6.63. The van der Waals surface area contributed by atoms with Crippen LogP contribution in [0.2, 0.25) is 0 Å². The van der Waals surface area contributed by atoms with E-state index in [1.54, 1.807) is 0 Å². The minimum absolute atomic E-state index is 0.0820. The molecule has 0 radical (unpaired) electrons. The molecule has 3 aromatic rings. The minimum atomic E-state index is -1.28. The zero-order chi connectivity index (χ0) is 24.3. The van der Waals surface area contributed by atoms with Crippen LogP contribution in [-0.2, 0) is 33.8 Å². The molecule has 8 heteroatoms. The van der Waals surface area contributed by atoms with Crippen LogP contribution < -0.4 is 16.4 Å². The first-order valence-electron chi connectivity index (χ1n) is 11.5. The zero-order valence-electron chi connectivity index (χ0n) is 19.4. The van der Waals surface area contributed by atoms with Crippen molar-refractivity contribution in [3.63, 3.8) is 0 Å². The lowest BCUT2D eigenvalue weighted by Crippen LogP contribution is -2.64. The molecule has 0 bridgehead atoms. The number of fused-ring (bicyclic) bond motifs is 3. The number of nitrogens with two attached hydrogens (primary N) is 1. The maximum absolute atomic E-state index is 13.6. The molecule has 0 fully saturated rings. The largest absolute Gasteiger partial charge is 0.445 e. The number of aromatic nitrogens is 1. The van der Waals surface area contributed by atoms with E-state index in [0.717, 1.165) is 27.7 Å². The molecule has 3 amide bonds. The van der Waals surface area contributed by atoms with E-state index < -0.39 is 29.5 Å². The van der Waals surface area contributed by atoms with Gasteiger partial charge < -0.3 is 26.1 Å². The Morgan fingerprint density at radius 3 is 2.50 bits per heavy atom. The van der Waals surface area contributed by atoms with Gasteiger partial charge in [0.2, 0.25) is 11.8 Å². The van der Waals surface area contributed by atoms with Crippen molar-refractivity contribution >= 4 is 28.8 Å². The summed E-state index contributed by atoms with van der Waals surface area (Å²) in [7, 11) is 0. The van der Waals surface area contributed by atoms with Gasteiger partial charge in [0.05, 0.1) is 0 Å². The van der Waals surface area contributed by atoms with Gasteiger partial charge in [-0.2, -0.15) is 0 Å². The SMILES string of the molecule is CC(C)[C@H](NC(=O)[C@]1(NC(=O)OCc2ccccc2)CCc2[nH]c3ccccc3c2C1)C(N)=O. The molecule has 178 valence electrons. The molecule has 0 spiro atoms. The molecule has 2 atom stereocenters. The third-order valence-corrected chi connectivity index (χ3v) is 6.43. The van der Waals surface area contributed by atoms with Crippen LogP contribution in [0.1, 0.15) is 37.1 Å². The van der Waals surface area contributed by atoms with Crippen LogP contribution in [0.4, 0.5) is 4.79 Å². The Labute approximate surface area is 198 Å². The molecule has 4 rings (SSSR count). The average Bonchev–Trinajstić information content (AvgIpc) is 3.19. The number of H-pyrrole nitrogens is 1. The van der Waals surface area contributed by atoms with Crippen molar-refractivity contribution in [3.05, 3.63) is 71.4 Å². The van der Waals surface area contributed by atoms with Gasteiger partial charge in [0.1, 0.15) is 18.2 Å². The Bertz CT molecular complexity index is 1200. The van der Waals surface area contributed by atoms with Crippen molar-refractivity contribution in [1.29, 1.82) is 0 Å². The Morgan fingerprint density at radius 2 is 1.79 bits per heavy atom. The van der Waals surface area contributed by atoms with Gasteiger partial charge >= 0.3 is 6.09 Å². The zero-order valence-corrected chi connectivity index (χ0v) is 19.4. The number of benzene rings is 2. The highest BCUT2D eigenvalue weighted by Crippen LogP contribution is 2.34. The van der Waals surface area contributed by atoms with Gasteiger partial charge in [-0.05, 0) is 36.0 Å². The van der Waals surface area contributed by atoms with Crippen LogP contribution in [-0.4, -0.2) is 34.5 Å². The summed E-state index contributed by atoms with van der Waals surface area (Å²) in [6.45, 7) is 3.70. The second-order valence-electron chi connectivity index (χ2n) is 9.17. The number of aromatic amines is 1. The third kappa shape index (κ3) is 4.76. The first-order chi connectivity index (χ1) is 16.3. The van der Waals surface area contributed by atoms with E-state index >= 15 is 0 Å². The number of hydrogen-bond donors (Lipinski definition) is 4. The number of alkyl carbamates (subject to hydrolysis) is 1. The normalized spacial score (nSPS) is 18.2. The maximum atomic E-state index is 13.6. The van der Waals surface area contributed by atoms with Gasteiger partial charge in [-0.25, -0.2) is 4.79 Å². The molecule has 34 heavy (non-hydrogen) atoms. The maximum Gasteiger partial charge on any atom is 0.408 e. The molecule has 0 aliphatic heterocycles. The van der Waals surface area contributed by atoms with Crippen molar-refractivity contribution < 1.29 is 19.1 Å². The Kier molecular flexibility index (Phi) is 6.58. The summed E-state index contributed by atoms with van der Waals surface area (Å²) in [4.78, 5) is 41.9. The Morgan fingerprint density at radius 1 is 1.09 bits per heavy atom. The van der Waals surface area contributed by atoms with Crippen LogP contribution in [0, 0.1) is 5.92 Å². The highest BCUT2D eigenvalue weighted by atomic mass is 16.5. The quantitative estimate of drug-likeness (QED) is 0.431. The molecule has 1 heterocycles. The third-order valence-electron chi connectivity index (χ3n) is 6.43. The van der Waals surface area contributed by atoms with E-state index in [4.69, 9.17) is 10.5 Å². The lowest BCUT2D eigenvalue weighted by atomic mass is 9.78. The fraction of sp³-hybridized carbons (Fsp3) is 0.346. The van der Waals surface area contributed by atoms with Crippen molar-refractivity contribution in [2.24, 2.45) is 11.7 Å². The second-order valence-corrected chi connectivity index (χ2v) is 9.17. The summed E-state index contributed by atoms with van der Waals surface area (Å²) in [6, 6.07) is 16.3. The number of primary amides is 1. The monoisotopic (exact) mass is 462 g/mol. The summed E-state index contributed by atoms with van der Waals surface area (Å²) < 4.78 is 5.43. The van der Waals surface area contributed by atoms with Crippen molar-refractivity contribution in [2.75, 3.05) is 0 Å². The average molecular weight is 463 g/mol. The fourth-order valence-corrected chi connectivity index (χ4v) is 4.56. The number of ether oxygens (including phenoxy) is 1. The fourth-order valence-electron chi connectivity index (χ4n) is 4.56. The standard InChI is InChI=1S/C26H30N4O4/c1-16(2)22(23(27)31)29-24(32)26(30-25(33)34-15-17-8-4-3-5-9-17)13-12-21-19(14-26)18-10-6-7-11-20(18)28-21/h3-11,16,22,28H,12-15H2,1-2H3,(H2,27,31)(H,29,32)(H,30,33)/t22-,26-/m0/s1. The van der Waals surface area contributed by atoms with Gasteiger partial charge in [0.25, 0.3) is 0 Å².